The summed E-state index contributed by atoms with van der Waals surface area (Å²) in [5, 5.41) is 3.71. The van der Waals surface area contributed by atoms with Gasteiger partial charge in [0.25, 0.3) is 0 Å². The molecule has 0 unspecified atom stereocenters. The number of oxime groups is 1. The van der Waals surface area contributed by atoms with Crippen LogP contribution in [0.3, 0.4) is 0 Å². The van der Waals surface area contributed by atoms with Gasteiger partial charge in [0.2, 0.25) is 11.8 Å². The SMILES string of the molecule is COC(=O)c1c(Oc2nc(OC)cc(OC)n2)cccc1/C(C)=N/OC(C)=O. The normalized spacial score (nSPS) is 10.8. The van der Waals surface area contributed by atoms with Crippen molar-refractivity contribution >= 4 is 17.7 Å². The zero-order valence-corrected chi connectivity index (χ0v) is 16.0. The van der Waals surface area contributed by atoms with Gasteiger partial charge in [-0.1, -0.05) is 17.3 Å². The molecule has 1 heterocycles. The van der Waals surface area contributed by atoms with Gasteiger partial charge >= 0.3 is 17.9 Å². The van der Waals surface area contributed by atoms with Crippen LogP contribution in [0.25, 0.3) is 0 Å². The first-order valence-electron chi connectivity index (χ1n) is 7.98. The Labute approximate surface area is 161 Å². The molecule has 28 heavy (non-hydrogen) atoms. The predicted molar refractivity (Wildman–Crippen MR) is 97.0 cm³/mol. The zero-order valence-electron chi connectivity index (χ0n) is 16.0. The van der Waals surface area contributed by atoms with Gasteiger partial charge in [0, 0.05) is 12.5 Å². The monoisotopic (exact) mass is 389 g/mol. The van der Waals surface area contributed by atoms with Gasteiger partial charge in [-0.15, -0.1) is 0 Å². The molecule has 0 saturated heterocycles. The number of carbonyl (C=O) groups excluding carboxylic acids is 2. The van der Waals surface area contributed by atoms with E-state index >= 15 is 0 Å². The van der Waals surface area contributed by atoms with E-state index in [1.54, 1.807) is 19.1 Å². The highest BCUT2D eigenvalue weighted by atomic mass is 16.7. The molecule has 0 N–H and O–H groups in total. The highest BCUT2D eigenvalue weighted by Crippen LogP contribution is 2.29. The molecule has 10 heteroatoms. The number of ether oxygens (including phenoxy) is 4. The summed E-state index contributed by atoms with van der Waals surface area (Å²) in [6.07, 6.45) is 0. The van der Waals surface area contributed by atoms with Crippen molar-refractivity contribution in [2.75, 3.05) is 21.3 Å². The van der Waals surface area contributed by atoms with Crippen LogP contribution in [0, 0.1) is 0 Å². The van der Waals surface area contributed by atoms with Gasteiger partial charge in [0.05, 0.1) is 33.1 Å². The fourth-order valence-electron chi connectivity index (χ4n) is 2.15. The number of carbonyl (C=O) groups is 2. The van der Waals surface area contributed by atoms with Crippen LogP contribution < -0.4 is 14.2 Å². The van der Waals surface area contributed by atoms with Crippen molar-refractivity contribution in [2.45, 2.75) is 13.8 Å². The average molecular weight is 389 g/mol. The summed E-state index contributed by atoms with van der Waals surface area (Å²) in [7, 11) is 4.09. The zero-order chi connectivity index (χ0) is 20.7. The van der Waals surface area contributed by atoms with Gasteiger partial charge in [0.1, 0.15) is 11.3 Å². The average Bonchev–Trinajstić information content (AvgIpc) is 2.70. The van der Waals surface area contributed by atoms with Crippen LogP contribution in [-0.4, -0.2) is 48.9 Å². The summed E-state index contributed by atoms with van der Waals surface area (Å²) in [5.74, 6) is -0.742. The molecule has 0 aliphatic rings. The Morgan fingerprint density at radius 3 is 2.18 bits per heavy atom. The van der Waals surface area contributed by atoms with Crippen LogP contribution in [0.5, 0.6) is 23.5 Å². The lowest BCUT2D eigenvalue weighted by molar-refractivity contribution is -0.140. The third-order valence-corrected chi connectivity index (χ3v) is 3.39. The van der Waals surface area contributed by atoms with Gasteiger partial charge in [-0.25, -0.2) is 9.59 Å². The molecule has 0 bridgehead atoms. The Morgan fingerprint density at radius 2 is 1.64 bits per heavy atom. The van der Waals surface area contributed by atoms with Crippen molar-refractivity contribution in [1.29, 1.82) is 0 Å². The second kappa shape index (κ2) is 9.31. The summed E-state index contributed by atoms with van der Waals surface area (Å²) in [5.41, 5.74) is 0.675. The Hall–Kier alpha value is -3.69. The van der Waals surface area contributed by atoms with E-state index < -0.39 is 11.9 Å². The second-order valence-electron chi connectivity index (χ2n) is 5.27. The first-order valence-corrected chi connectivity index (χ1v) is 7.98. The summed E-state index contributed by atoms with van der Waals surface area (Å²) in [6, 6.07) is 6.13. The maximum absolute atomic E-state index is 12.4. The molecule has 0 atom stereocenters. The van der Waals surface area contributed by atoms with Crippen LogP contribution >= 0.6 is 0 Å². The molecule has 0 amide bonds. The van der Waals surface area contributed by atoms with Crippen LogP contribution in [-0.2, 0) is 14.4 Å². The van der Waals surface area contributed by atoms with E-state index in [1.807, 2.05) is 0 Å². The van der Waals surface area contributed by atoms with E-state index in [2.05, 4.69) is 20.0 Å². The van der Waals surface area contributed by atoms with Crippen molar-refractivity contribution < 1.29 is 33.4 Å². The van der Waals surface area contributed by atoms with Crippen molar-refractivity contribution in [3.63, 3.8) is 0 Å². The van der Waals surface area contributed by atoms with Crippen molar-refractivity contribution in [3.05, 3.63) is 35.4 Å². The molecule has 10 nitrogen and oxygen atoms in total. The number of aromatic nitrogens is 2. The Morgan fingerprint density at radius 1 is 1.00 bits per heavy atom. The van der Waals surface area contributed by atoms with Crippen molar-refractivity contribution in [1.82, 2.24) is 9.97 Å². The van der Waals surface area contributed by atoms with Crippen LogP contribution in [0.4, 0.5) is 0 Å². The predicted octanol–water partition coefficient (Wildman–Crippen LogP) is 2.36. The second-order valence-corrected chi connectivity index (χ2v) is 5.27. The minimum atomic E-state index is -0.683. The van der Waals surface area contributed by atoms with Gasteiger partial charge in [-0.05, 0) is 13.0 Å². The third kappa shape index (κ3) is 4.93. The van der Waals surface area contributed by atoms with Gasteiger partial charge < -0.3 is 23.8 Å². The molecule has 2 rings (SSSR count). The first-order chi connectivity index (χ1) is 13.4. The van der Waals surface area contributed by atoms with E-state index in [0.717, 1.165) is 0 Å². The summed E-state index contributed by atoms with van der Waals surface area (Å²) >= 11 is 0. The lowest BCUT2D eigenvalue weighted by Crippen LogP contribution is -2.12. The lowest BCUT2D eigenvalue weighted by atomic mass is 10.0. The molecule has 0 saturated carbocycles. The molecule has 0 aliphatic heterocycles. The van der Waals surface area contributed by atoms with Crippen LogP contribution in [0.15, 0.2) is 29.4 Å². The Kier molecular flexibility index (Phi) is 6.85. The molecule has 1 aromatic carbocycles. The van der Waals surface area contributed by atoms with Gasteiger partial charge in [-0.3, -0.25) is 0 Å². The first kappa shape index (κ1) is 20.6. The van der Waals surface area contributed by atoms with Crippen LogP contribution in [0.1, 0.15) is 29.8 Å². The topological polar surface area (TPSA) is 118 Å². The number of benzene rings is 1. The van der Waals surface area contributed by atoms with E-state index in [4.69, 9.17) is 18.9 Å². The summed E-state index contributed by atoms with van der Waals surface area (Å²) in [4.78, 5) is 36.2. The van der Waals surface area contributed by atoms with Crippen molar-refractivity contribution in [2.24, 2.45) is 5.16 Å². The molecule has 0 fully saturated rings. The lowest BCUT2D eigenvalue weighted by Gasteiger charge is -2.13. The van der Waals surface area contributed by atoms with E-state index in [0.29, 0.717) is 5.56 Å². The van der Waals surface area contributed by atoms with Gasteiger partial charge in [0.15, 0.2) is 0 Å². The number of rotatable bonds is 7. The smallest absolute Gasteiger partial charge is 0.342 e. The largest absolute Gasteiger partial charge is 0.481 e. The molecule has 1 aromatic heterocycles. The van der Waals surface area contributed by atoms with Crippen molar-refractivity contribution in [3.8, 4) is 23.5 Å². The number of methoxy groups -OCH3 is 3. The fourth-order valence-corrected chi connectivity index (χ4v) is 2.15. The van der Waals surface area contributed by atoms with Crippen LogP contribution in [0.2, 0.25) is 0 Å². The highest BCUT2D eigenvalue weighted by molar-refractivity contribution is 6.09. The maximum atomic E-state index is 12.4. The minimum Gasteiger partial charge on any atom is -0.481 e. The number of esters is 1. The Balaban J connectivity index is 2.53. The molecule has 0 aliphatic carbocycles. The van der Waals surface area contributed by atoms with Gasteiger partial charge in [-0.2, -0.15) is 9.97 Å². The molecule has 148 valence electrons. The number of hydrogen-bond acceptors (Lipinski definition) is 10. The highest BCUT2D eigenvalue weighted by Gasteiger charge is 2.22. The number of nitrogens with zero attached hydrogens (tertiary/aromatic N) is 3. The van der Waals surface area contributed by atoms with E-state index in [1.165, 1.54) is 40.4 Å². The molecule has 2 aromatic rings. The number of hydrogen-bond donors (Lipinski definition) is 0. The maximum Gasteiger partial charge on any atom is 0.342 e. The van der Waals surface area contributed by atoms with E-state index in [9.17, 15) is 9.59 Å². The minimum absolute atomic E-state index is 0.0591. The standard InChI is InChI=1S/C18H19N3O7/c1-10(21-28-11(2)22)12-7-6-8-13(16(12)17(23)26-5)27-18-19-14(24-3)9-15(20-18)25-4/h6-9H,1-5H3/b21-10+. The molecule has 0 spiro atoms. The molecular weight excluding hydrogens is 370 g/mol. The fraction of sp³-hybridized carbons (Fsp3) is 0.278. The Bertz CT molecular complexity index is 890. The van der Waals surface area contributed by atoms with E-state index in [-0.39, 0.29) is 34.8 Å². The molecular formula is C18H19N3O7. The third-order valence-electron chi connectivity index (χ3n) is 3.39. The summed E-state index contributed by atoms with van der Waals surface area (Å²) in [6.45, 7) is 2.78. The molecule has 0 radical (unpaired) electrons. The summed E-state index contributed by atoms with van der Waals surface area (Å²) < 4.78 is 20.7. The quantitative estimate of drug-likeness (QED) is 0.304.